The normalized spacial score (nSPS) is 17.2. The molecule has 6 rings (SSSR count). The Bertz CT molecular complexity index is 1360. The van der Waals surface area contributed by atoms with E-state index in [0.717, 1.165) is 36.8 Å². The van der Waals surface area contributed by atoms with Gasteiger partial charge in [0.2, 0.25) is 5.88 Å². The van der Waals surface area contributed by atoms with Crippen LogP contribution in [0.1, 0.15) is 18.4 Å². The van der Waals surface area contributed by atoms with Crippen molar-refractivity contribution >= 4 is 23.4 Å². The first-order valence-electron chi connectivity index (χ1n) is 11.7. The average Bonchev–Trinajstić information content (AvgIpc) is 3.65. The van der Waals surface area contributed by atoms with Crippen LogP contribution in [0.3, 0.4) is 0 Å². The number of anilines is 1. The second-order valence-electron chi connectivity index (χ2n) is 9.08. The number of fused-ring (bicyclic) bond motifs is 1. The van der Waals surface area contributed by atoms with E-state index in [9.17, 15) is 4.79 Å². The Kier molecular flexibility index (Phi) is 5.51. The maximum Gasteiger partial charge on any atom is 0.261 e. The van der Waals surface area contributed by atoms with Crippen LogP contribution in [0.4, 0.5) is 5.69 Å². The van der Waals surface area contributed by atoms with Gasteiger partial charge in [-0.3, -0.25) is 14.1 Å². The molecule has 1 aliphatic carbocycles. The van der Waals surface area contributed by atoms with Gasteiger partial charge < -0.3 is 9.08 Å². The summed E-state index contributed by atoms with van der Waals surface area (Å²) >= 11 is 1.20. The molecule has 0 atom stereocenters. The van der Waals surface area contributed by atoms with Crippen LogP contribution in [-0.4, -0.2) is 39.5 Å². The molecule has 0 bridgehead atoms. The van der Waals surface area contributed by atoms with Gasteiger partial charge in [-0.15, -0.1) is 0 Å². The number of nitrogens with zero attached hydrogens (tertiary/aromatic N) is 4. The number of rotatable bonds is 6. The molecule has 1 saturated heterocycles. The van der Waals surface area contributed by atoms with Gasteiger partial charge in [-0.1, -0.05) is 48.5 Å². The maximum absolute atomic E-state index is 12.8. The molecule has 6 nitrogen and oxygen atoms in total. The number of piperazine rings is 1. The number of pyridine rings is 1. The first kappa shape index (κ1) is 21.3. The smallest absolute Gasteiger partial charge is 0.261 e. The highest BCUT2D eigenvalue weighted by atomic mass is 32.2. The second-order valence-corrected chi connectivity index (χ2v) is 9.89. The zero-order valence-electron chi connectivity index (χ0n) is 18.8. The van der Waals surface area contributed by atoms with Crippen molar-refractivity contribution in [2.75, 3.05) is 24.5 Å². The summed E-state index contributed by atoms with van der Waals surface area (Å²) in [6, 6.07) is 25.9. The molecule has 7 heteroatoms. The minimum atomic E-state index is -0.139. The summed E-state index contributed by atoms with van der Waals surface area (Å²) in [7, 11) is 0. The van der Waals surface area contributed by atoms with Crippen molar-refractivity contribution in [1.29, 1.82) is 0 Å². The van der Waals surface area contributed by atoms with Gasteiger partial charge in [0.1, 0.15) is 5.65 Å². The molecule has 2 aromatic heterocycles. The molecule has 2 aromatic carbocycles. The van der Waals surface area contributed by atoms with E-state index in [2.05, 4.69) is 51.2 Å². The van der Waals surface area contributed by atoms with Gasteiger partial charge in [-0.25, -0.2) is 0 Å². The van der Waals surface area contributed by atoms with Gasteiger partial charge in [0, 0.05) is 42.8 Å². The van der Waals surface area contributed by atoms with Gasteiger partial charge in [-0.05, 0) is 42.7 Å². The lowest BCUT2D eigenvalue weighted by Crippen LogP contribution is -2.54. The quantitative estimate of drug-likeness (QED) is 0.383. The Hall–Kier alpha value is -3.29. The van der Waals surface area contributed by atoms with Gasteiger partial charge >= 0.3 is 0 Å². The molecule has 2 aliphatic rings. The third kappa shape index (κ3) is 4.29. The molecule has 3 heterocycles. The van der Waals surface area contributed by atoms with E-state index in [1.54, 1.807) is 4.40 Å². The van der Waals surface area contributed by atoms with Crippen LogP contribution >= 0.6 is 12.0 Å². The average molecular weight is 471 g/mol. The highest BCUT2D eigenvalue weighted by Crippen LogP contribution is 2.45. The van der Waals surface area contributed by atoms with Gasteiger partial charge in [0.05, 0.1) is 23.8 Å². The molecule has 34 heavy (non-hydrogen) atoms. The van der Waals surface area contributed by atoms with Crippen molar-refractivity contribution in [2.24, 2.45) is 0 Å². The molecule has 0 unspecified atom stereocenters. The molecular formula is C27H26N4O2S. The van der Waals surface area contributed by atoms with E-state index in [1.807, 2.05) is 42.6 Å². The summed E-state index contributed by atoms with van der Waals surface area (Å²) in [5, 5.41) is 0. The first-order valence-corrected chi connectivity index (χ1v) is 12.4. The summed E-state index contributed by atoms with van der Waals surface area (Å²) in [5.74, 6) is 0.318. The third-order valence-electron chi connectivity index (χ3n) is 6.79. The predicted octanol–water partition coefficient (Wildman–Crippen LogP) is 4.64. The van der Waals surface area contributed by atoms with Crippen molar-refractivity contribution in [3.8, 4) is 5.88 Å². The van der Waals surface area contributed by atoms with Crippen LogP contribution in [0.15, 0.2) is 94.7 Å². The number of hydrogen-bond donors (Lipinski definition) is 0. The fourth-order valence-electron chi connectivity index (χ4n) is 4.77. The van der Waals surface area contributed by atoms with Crippen LogP contribution in [0.25, 0.3) is 5.65 Å². The van der Waals surface area contributed by atoms with Crippen molar-refractivity contribution in [1.82, 2.24) is 14.3 Å². The molecule has 0 N–H and O–H groups in total. The monoisotopic (exact) mass is 470 g/mol. The molecular weight excluding hydrogens is 444 g/mol. The zero-order valence-corrected chi connectivity index (χ0v) is 19.7. The fourth-order valence-corrected chi connectivity index (χ4v) is 5.30. The summed E-state index contributed by atoms with van der Waals surface area (Å²) in [6.45, 7) is 3.95. The van der Waals surface area contributed by atoms with E-state index in [-0.39, 0.29) is 11.1 Å². The highest BCUT2D eigenvalue weighted by molar-refractivity contribution is 7.95. The molecule has 0 amide bonds. The van der Waals surface area contributed by atoms with Crippen molar-refractivity contribution in [3.05, 3.63) is 101 Å². The summed E-state index contributed by atoms with van der Waals surface area (Å²) in [5.41, 5.74) is 3.13. The molecule has 0 radical (unpaired) electrons. The van der Waals surface area contributed by atoms with Gasteiger partial charge in [-0.2, -0.15) is 4.98 Å². The van der Waals surface area contributed by atoms with E-state index < -0.39 is 0 Å². The second kappa shape index (κ2) is 8.81. The van der Waals surface area contributed by atoms with Gasteiger partial charge in [0.25, 0.3) is 5.56 Å². The first-order chi connectivity index (χ1) is 16.7. The van der Waals surface area contributed by atoms with E-state index in [0.29, 0.717) is 11.5 Å². The minimum absolute atomic E-state index is 0.139. The Morgan fingerprint density at radius 2 is 1.71 bits per heavy atom. The molecule has 4 aromatic rings. The van der Waals surface area contributed by atoms with E-state index >= 15 is 0 Å². The number of benzene rings is 2. The Balaban J connectivity index is 1.18. The predicted molar refractivity (Wildman–Crippen MR) is 135 cm³/mol. The van der Waals surface area contributed by atoms with Crippen molar-refractivity contribution < 1.29 is 4.18 Å². The fraction of sp³-hybridized carbons (Fsp3) is 0.259. The topological polar surface area (TPSA) is 50.1 Å². The lowest BCUT2D eigenvalue weighted by atomic mass is 10.1. The van der Waals surface area contributed by atoms with E-state index in [4.69, 9.17) is 4.18 Å². The molecule has 1 saturated carbocycles. The third-order valence-corrected chi connectivity index (χ3v) is 7.51. The summed E-state index contributed by atoms with van der Waals surface area (Å²) < 4.78 is 7.32. The maximum atomic E-state index is 12.8. The number of aromatic nitrogens is 2. The van der Waals surface area contributed by atoms with Crippen LogP contribution < -0.4 is 14.6 Å². The molecule has 2 fully saturated rings. The highest BCUT2D eigenvalue weighted by Gasteiger charge is 2.51. The Morgan fingerprint density at radius 1 is 0.941 bits per heavy atom. The summed E-state index contributed by atoms with van der Waals surface area (Å²) in [6.07, 6.45) is 4.37. The van der Waals surface area contributed by atoms with Crippen LogP contribution in [-0.2, 0) is 6.54 Å². The lowest BCUT2D eigenvalue weighted by Gasteiger charge is -2.43. The van der Waals surface area contributed by atoms with Crippen molar-refractivity contribution in [3.63, 3.8) is 0 Å². The van der Waals surface area contributed by atoms with Crippen molar-refractivity contribution in [2.45, 2.75) is 29.8 Å². The Labute approximate surface area is 203 Å². The molecule has 1 spiro atoms. The number of hydrogen-bond acceptors (Lipinski definition) is 6. The largest absolute Gasteiger partial charge is 0.400 e. The SMILES string of the molecule is O=c1cc(OSc2ccccc2)nc2ccc(N3CCN(Cc4ccccc4)C4(CC4)C3)cn12. The zero-order chi connectivity index (χ0) is 23.0. The van der Waals surface area contributed by atoms with Crippen LogP contribution in [0.5, 0.6) is 5.88 Å². The minimum Gasteiger partial charge on any atom is -0.400 e. The van der Waals surface area contributed by atoms with Crippen LogP contribution in [0, 0.1) is 0 Å². The molecule has 1 aliphatic heterocycles. The van der Waals surface area contributed by atoms with Crippen LogP contribution in [0.2, 0.25) is 0 Å². The lowest BCUT2D eigenvalue weighted by molar-refractivity contribution is 0.149. The van der Waals surface area contributed by atoms with E-state index in [1.165, 1.54) is 36.5 Å². The standard InChI is InChI=1S/C27H26N4O2S/c32-26-17-25(33-34-23-9-5-2-6-10-23)28-24-12-11-22(19-31(24)26)29-15-16-30(27(20-29)13-14-27)18-21-7-3-1-4-8-21/h1-12,17,19H,13-16,18,20H2. The Morgan fingerprint density at radius 3 is 2.47 bits per heavy atom. The molecule has 172 valence electrons. The summed E-state index contributed by atoms with van der Waals surface area (Å²) in [4.78, 5) is 23.4. The van der Waals surface area contributed by atoms with Gasteiger partial charge in [0.15, 0.2) is 0 Å².